The maximum Gasteiger partial charge on any atom is 0.318 e. The molecule has 2 unspecified atom stereocenters. The third kappa shape index (κ3) is 2.46. The van der Waals surface area contributed by atoms with Crippen LogP contribution in [-0.4, -0.2) is 19.0 Å². The first-order valence-corrected chi connectivity index (χ1v) is 5.65. The number of methoxy groups -OCH3 is 1. The molecule has 1 N–H and O–H groups in total. The molecule has 1 aliphatic rings. The minimum atomic E-state index is -0.653. The highest BCUT2D eigenvalue weighted by Crippen LogP contribution is 2.26. The summed E-state index contributed by atoms with van der Waals surface area (Å²) in [4.78, 5) is 23.1. The van der Waals surface area contributed by atoms with Crippen LogP contribution in [0.1, 0.15) is 24.4 Å². The Morgan fingerprint density at radius 1 is 1.29 bits per heavy atom. The molecule has 17 heavy (non-hydrogen) atoms. The maximum atomic E-state index is 11.8. The van der Waals surface area contributed by atoms with E-state index in [1.165, 1.54) is 7.11 Å². The minimum Gasteiger partial charge on any atom is -0.468 e. The van der Waals surface area contributed by atoms with Crippen molar-refractivity contribution in [2.24, 2.45) is 5.92 Å². The number of hydrogen-bond donors (Lipinski definition) is 1. The van der Waals surface area contributed by atoms with Crippen molar-refractivity contribution in [2.75, 3.05) is 7.11 Å². The molecule has 90 valence electrons. The highest BCUT2D eigenvalue weighted by molar-refractivity contribution is 5.98. The van der Waals surface area contributed by atoms with Gasteiger partial charge in [0.15, 0.2) is 0 Å². The summed E-state index contributed by atoms with van der Waals surface area (Å²) in [7, 11) is 1.30. The van der Waals surface area contributed by atoms with Gasteiger partial charge in [-0.3, -0.25) is 9.59 Å². The SMILES string of the molecule is COC(=O)C1CCC(c2ccccc2)NC1=O. The molecule has 1 heterocycles. The zero-order chi connectivity index (χ0) is 12.3. The molecule has 0 aliphatic carbocycles. The predicted molar refractivity (Wildman–Crippen MR) is 62.1 cm³/mol. The summed E-state index contributed by atoms with van der Waals surface area (Å²) in [5.74, 6) is -1.34. The van der Waals surface area contributed by atoms with Gasteiger partial charge in [-0.15, -0.1) is 0 Å². The second-order valence-corrected chi connectivity index (χ2v) is 4.12. The van der Waals surface area contributed by atoms with Gasteiger partial charge in [-0.2, -0.15) is 0 Å². The standard InChI is InChI=1S/C13H15NO3/c1-17-13(16)10-7-8-11(14-12(10)15)9-5-3-2-4-6-9/h2-6,10-11H,7-8H2,1H3,(H,14,15). The zero-order valence-corrected chi connectivity index (χ0v) is 9.68. The molecule has 0 spiro atoms. The molecule has 1 aromatic carbocycles. The summed E-state index contributed by atoms with van der Waals surface area (Å²) >= 11 is 0. The molecule has 2 rings (SSSR count). The Labute approximate surface area is 100.0 Å². The number of nitrogens with one attached hydrogen (secondary N) is 1. The Morgan fingerprint density at radius 3 is 2.59 bits per heavy atom. The molecule has 4 nitrogen and oxygen atoms in total. The Bertz CT molecular complexity index is 416. The summed E-state index contributed by atoms with van der Waals surface area (Å²) in [5.41, 5.74) is 1.07. The average Bonchev–Trinajstić information content (AvgIpc) is 2.39. The van der Waals surface area contributed by atoms with Gasteiger partial charge in [0.2, 0.25) is 5.91 Å². The van der Waals surface area contributed by atoms with Crippen molar-refractivity contribution >= 4 is 11.9 Å². The average molecular weight is 233 g/mol. The van der Waals surface area contributed by atoms with E-state index in [2.05, 4.69) is 10.1 Å². The van der Waals surface area contributed by atoms with E-state index >= 15 is 0 Å². The molecule has 1 fully saturated rings. The topological polar surface area (TPSA) is 55.4 Å². The van der Waals surface area contributed by atoms with E-state index in [9.17, 15) is 9.59 Å². The fraction of sp³-hybridized carbons (Fsp3) is 0.385. The van der Waals surface area contributed by atoms with Crippen LogP contribution in [0, 0.1) is 5.92 Å². The highest BCUT2D eigenvalue weighted by Gasteiger charge is 2.34. The molecule has 1 aromatic rings. The molecule has 0 saturated carbocycles. The van der Waals surface area contributed by atoms with E-state index in [0.717, 1.165) is 12.0 Å². The van der Waals surface area contributed by atoms with Crippen LogP contribution in [0.25, 0.3) is 0 Å². The molecule has 1 amide bonds. The van der Waals surface area contributed by atoms with Gasteiger partial charge in [0.1, 0.15) is 5.92 Å². The van der Waals surface area contributed by atoms with Gasteiger partial charge in [-0.1, -0.05) is 30.3 Å². The van der Waals surface area contributed by atoms with E-state index < -0.39 is 11.9 Å². The lowest BCUT2D eigenvalue weighted by molar-refractivity contribution is -0.151. The van der Waals surface area contributed by atoms with Crippen molar-refractivity contribution in [3.8, 4) is 0 Å². The molecular formula is C13H15NO3. The number of benzene rings is 1. The number of piperidine rings is 1. The van der Waals surface area contributed by atoms with Crippen LogP contribution in [-0.2, 0) is 14.3 Å². The first-order valence-electron chi connectivity index (χ1n) is 5.65. The predicted octanol–water partition coefficient (Wildman–Crippen LogP) is 1.43. The van der Waals surface area contributed by atoms with Crippen LogP contribution >= 0.6 is 0 Å². The van der Waals surface area contributed by atoms with Crippen molar-refractivity contribution in [1.82, 2.24) is 5.32 Å². The van der Waals surface area contributed by atoms with E-state index in [0.29, 0.717) is 6.42 Å². The van der Waals surface area contributed by atoms with Crippen molar-refractivity contribution in [2.45, 2.75) is 18.9 Å². The lowest BCUT2D eigenvalue weighted by atomic mass is 9.90. The molecular weight excluding hydrogens is 218 g/mol. The van der Waals surface area contributed by atoms with Gasteiger partial charge < -0.3 is 10.1 Å². The third-order valence-corrected chi connectivity index (χ3v) is 3.06. The molecule has 4 heteroatoms. The van der Waals surface area contributed by atoms with Gasteiger partial charge in [0, 0.05) is 0 Å². The number of esters is 1. The molecule has 1 saturated heterocycles. The Kier molecular flexibility index (Phi) is 3.42. The number of carbonyl (C=O) groups is 2. The van der Waals surface area contributed by atoms with Crippen LogP contribution in [0.3, 0.4) is 0 Å². The Morgan fingerprint density at radius 2 is 2.00 bits per heavy atom. The molecule has 0 radical (unpaired) electrons. The number of amides is 1. The fourth-order valence-electron chi connectivity index (χ4n) is 2.11. The normalized spacial score (nSPS) is 23.9. The summed E-state index contributed by atoms with van der Waals surface area (Å²) < 4.78 is 4.60. The highest BCUT2D eigenvalue weighted by atomic mass is 16.5. The van der Waals surface area contributed by atoms with Gasteiger partial charge in [0.25, 0.3) is 0 Å². The van der Waals surface area contributed by atoms with Crippen LogP contribution in [0.15, 0.2) is 30.3 Å². The third-order valence-electron chi connectivity index (χ3n) is 3.06. The lowest BCUT2D eigenvalue weighted by Crippen LogP contribution is -2.42. The first-order chi connectivity index (χ1) is 8.22. The quantitative estimate of drug-likeness (QED) is 0.621. The Balaban J connectivity index is 2.05. The zero-order valence-electron chi connectivity index (χ0n) is 9.68. The molecule has 1 aliphatic heterocycles. The maximum absolute atomic E-state index is 11.8. The van der Waals surface area contributed by atoms with Crippen LogP contribution in [0.4, 0.5) is 0 Å². The minimum absolute atomic E-state index is 0.00426. The van der Waals surface area contributed by atoms with Crippen LogP contribution in [0.2, 0.25) is 0 Å². The molecule has 2 atom stereocenters. The van der Waals surface area contributed by atoms with E-state index in [1.54, 1.807) is 0 Å². The molecule has 0 bridgehead atoms. The second-order valence-electron chi connectivity index (χ2n) is 4.12. The first kappa shape index (κ1) is 11.6. The number of rotatable bonds is 2. The summed E-state index contributed by atoms with van der Waals surface area (Å²) in [6, 6.07) is 9.77. The number of ether oxygens (including phenoxy) is 1. The lowest BCUT2D eigenvalue weighted by Gasteiger charge is -2.28. The van der Waals surface area contributed by atoms with Crippen molar-refractivity contribution in [1.29, 1.82) is 0 Å². The van der Waals surface area contributed by atoms with Gasteiger partial charge in [-0.25, -0.2) is 0 Å². The van der Waals surface area contributed by atoms with Gasteiger partial charge >= 0.3 is 5.97 Å². The van der Waals surface area contributed by atoms with E-state index in [-0.39, 0.29) is 11.9 Å². The fourth-order valence-corrected chi connectivity index (χ4v) is 2.11. The summed E-state index contributed by atoms with van der Waals surface area (Å²) in [6.07, 6.45) is 1.30. The van der Waals surface area contributed by atoms with Crippen molar-refractivity contribution in [3.63, 3.8) is 0 Å². The van der Waals surface area contributed by atoms with Crippen LogP contribution in [0.5, 0.6) is 0 Å². The number of carbonyl (C=O) groups excluding carboxylic acids is 2. The van der Waals surface area contributed by atoms with Gasteiger partial charge in [0.05, 0.1) is 13.2 Å². The second kappa shape index (κ2) is 4.99. The van der Waals surface area contributed by atoms with Gasteiger partial charge in [-0.05, 0) is 18.4 Å². The van der Waals surface area contributed by atoms with Crippen molar-refractivity contribution in [3.05, 3.63) is 35.9 Å². The summed E-state index contributed by atoms with van der Waals surface area (Å²) in [5, 5.41) is 2.86. The largest absolute Gasteiger partial charge is 0.468 e. The smallest absolute Gasteiger partial charge is 0.318 e. The van der Waals surface area contributed by atoms with Crippen molar-refractivity contribution < 1.29 is 14.3 Å². The molecule has 0 aromatic heterocycles. The van der Waals surface area contributed by atoms with E-state index in [4.69, 9.17) is 0 Å². The summed E-state index contributed by atoms with van der Waals surface area (Å²) in [6.45, 7) is 0. The number of hydrogen-bond acceptors (Lipinski definition) is 3. The van der Waals surface area contributed by atoms with E-state index in [1.807, 2.05) is 30.3 Å². The van der Waals surface area contributed by atoms with Crippen LogP contribution < -0.4 is 5.32 Å². The Hall–Kier alpha value is -1.84. The monoisotopic (exact) mass is 233 g/mol.